The Morgan fingerprint density at radius 3 is 2.42 bits per heavy atom. The number of aromatic nitrogens is 4. The number of hydrazine groups is 1. The Kier molecular flexibility index (Phi) is 13.0. The molecule has 2 aliphatic heterocycles. The van der Waals surface area contributed by atoms with Gasteiger partial charge in [-0.05, 0) is 106 Å². The minimum atomic E-state index is -0.905. The first-order valence-corrected chi connectivity index (χ1v) is 21.5. The number of aromatic amines is 1. The number of carboxylic acid groups (broad SMARTS) is 1. The number of carbonyl (C=O) groups is 3. The first kappa shape index (κ1) is 46.4. The molecule has 4 aromatic carbocycles. The zero-order valence-corrected chi connectivity index (χ0v) is 38.4. The van der Waals surface area contributed by atoms with Crippen LogP contribution in [0.2, 0.25) is 0 Å². The van der Waals surface area contributed by atoms with E-state index >= 15 is 4.39 Å². The summed E-state index contributed by atoms with van der Waals surface area (Å²) in [4.78, 5) is 43.5. The fraction of sp³-hybridized carbons (Fsp3) is 0.340. The van der Waals surface area contributed by atoms with Gasteiger partial charge in [0, 0.05) is 49.3 Å². The van der Waals surface area contributed by atoms with Gasteiger partial charge < -0.3 is 29.0 Å². The summed E-state index contributed by atoms with van der Waals surface area (Å²) >= 11 is 3.45. The molecule has 3 N–H and O–H groups in total. The van der Waals surface area contributed by atoms with Gasteiger partial charge in [-0.1, -0.05) is 30.3 Å². The SMILES string of the molecule is CN(NC(=O)C1(C)CCOc2c(Br)cccc21)C(=O)OC(C)(C)C.Cn1nc([C@@]2(C)CCOc3c(CCC(=O)O)cccc32)nc1-c1cc(Oc2c(F)cc3[nH]ccc3c2F)ccc1F. The minimum absolute atomic E-state index is 0.0179. The summed E-state index contributed by atoms with van der Waals surface area (Å²) in [5, 5.41) is 15.0. The summed E-state index contributed by atoms with van der Waals surface area (Å²) < 4.78 is 69.5. The van der Waals surface area contributed by atoms with Gasteiger partial charge in [0.05, 0.1) is 39.6 Å². The summed E-state index contributed by atoms with van der Waals surface area (Å²) in [6, 6.07) is 17.5. The predicted octanol–water partition coefficient (Wildman–Crippen LogP) is 9.67. The molecule has 0 bridgehead atoms. The Bertz CT molecular complexity index is 2810. The third kappa shape index (κ3) is 9.48. The van der Waals surface area contributed by atoms with Crippen LogP contribution in [0.3, 0.4) is 0 Å². The third-order valence-corrected chi connectivity index (χ3v) is 12.0. The van der Waals surface area contributed by atoms with E-state index in [4.69, 9.17) is 29.0 Å². The Morgan fingerprint density at radius 1 is 0.969 bits per heavy atom. The number of amides is 2. The second-order valence-electron chi connectivity index (χ2n) is 17.2. The number of nitrogens with one attached hydrogen (secondary N) is 2. The first-order chi connectivity index (χ1) is 30.7. The van der Waals surface area contributed by atoms with Crippen molar-refractivity contribution in [2.24, 2.45) is 7.05 Å². The van der Waals surface area contributed by atoms with Crippen LogP contribution in [0.5, 0.6) is 23.0 Å². The summed E-state index contributed by atoms with van der Waals surface area (Å²) in [6.45, 7) is 9.92. The van der Waals surface area contributed by atoms with E-state index in [-0.39, 0.29) is 40.4 Å². The number of aryl methyl sites for hydroxylation is 2. The van der Waals surface area contributed by atoms with Gasteiger partial charge in [0.15, 0.2) is 29.0 Å². The molecule has 0 saturated carbocycles. The van der Waals surface area contributed by atoms with E-state index in [0.717, 1.165) is 38.3 Å². The highest BCUT2D eigenvalue weighted by Gasteiger charge is 2.43. The molecule has 18 heteroatoms. The van der Waals surface area contributed by atoms with Gasteiger partial charge in [0.25, 0.3) is 0 Å². The summed E-state index contributed by atoms with van der Waals surface area (Å²) in [7, 11) is 3.10. The zero-order chi connectivity index (χ0) is 47.0. The van der Waals surface area contributed by atoms with Crippen molar-refractivity contribution in [1.29, 1.82) is 0 Å². The van der Waals surface area contributed by atoms with E-state index < -0.39 is 51.7 Å². The number of rotatable bonds is 8. The molecule has 0 spiro atoms. The van der Waals surface area contributed by atoms with Crippen LogP contribution in [0.1, 0.15) is 76.4 Å². The Balaban J connectivity index is 0.000000224. The lowest BCUT2D eigenvalue weighted by Gasteiger charge is -2.36. The van der Waals surface area contributed by atoms with Crippen molar-refractivity contribution in [3.05, 3.63) is 117 Å². The van der Waals surface area contributed by atoms with E-state index in [1.54, 1.807) is 27.8 Å². The second-order valence-corrected chi connectivity index (χ2v) is 18.1. The number of para-hydroxylation sites is 2. The molecule has 0 aliphatic carbocycles. The van der Waals surface area contributed by atoms with E-state index in [1.807, 2.05) is 50.2 Å². The normalized spacial score (nSPS) is 17.6. The zero-order valence-electron chi connectivity index (χ0n) is 36.8. The van der Waals surface area contributed by atoms with E-state index in [1.165, 1.54) is 36.1 Å². The Hall–Kier alpha value is -6.56. The van der Waals surface area contributed by atoms with Crippen LogP contribution >= 0.6 is 15.9 Å². The van der Waals surface area contributed by atoms with Gasteiger partial charge in [0.2, 0.25) is 5.91 Å². The lowest BCUT2D eigenvalue weighted by molar-refractivity contribution is -0.137. The highest BCUT2D eigenvalue weighted by molar-refractivity contribution is 9.10. The van der Waals surface area contributed by atoms with Gasteiger partial charge in [-0.3, -0.25) is 15.0 Å². The van der Waals surface area contributed by atoms with Crippen LogP contribution in [0.15, 0.2) is 77.4 Å². The predicted molar refractivity (Wildman–Crippen MR) is 237 cm³/mol. The van der Waals surface area contributed by atoms with Crippen molar-refractivity contribution in [3.8, 4) is 34.4 Å². The maximum Gasteiger partial charge on any atom is 0.428 e. The molecule has 2 aromatic heterocycles. The number of fused-ring (bicyclic) bond motifs is 3. The number of benzene rings is 4. The molecular formula is C47H48BrF3N6O8. The highest BCUT2D eigenvalue weighted by atomic mass is 79.9. The molecule has 2 aliphatic rings. The minimum Gasteiger partial charge on any atom is -0.493 e. The number of aliphatic carboxylic acids is 1. The molecule has 342 valence electrons. The van der Waals surface area contributed by atoms with E-state index in [2.05, 4.69) is 31.4 Å². The molecule has 0 fully saturated rings. The number of nitrogens with zero attached hydrogens (tertiary/aromatic N) is 4. The van der Waals surface area contributed by atoms with Crippen molar-refractivity contribution >= 4 is 44.8 Å². The lowest BCUT2D eigenvalue weighted by atomic mass is 9.76. The maximum atomic E-state index is 15.1. The number of carbonyl (C=O) groups excluding carboxylic acids is 2. The molecular weight excluding hydrogens is 913 g/mol. The van der Waals surface area contributed by atoms with Crippen LogP contribution in [-0.4, -0.2) is 73.7 Å². The van der Waals surface area contributed by atoms with Crippen LogP contribution in [-0.2, 0) is 38.6 Å². The van der Waals surface area contributed by atoms with E-state index in [0.29, 0.717) is 49.8 Å². The average molecular weight is 962 g/mol. The molecule has 4 heterocycles. The smallest absolute Gasteiger partial charge is 0.428 e. The topological polar surface area (TPSA) is 170 Å². The van der Waals surface area contributed by atoms with Crippen molar-refractivity contribution in [1.82, 2.24) is 30.2 Å². The number of halogens is 4. The highest BCUT2D eigenvalue weighted by Crippen LogP contribution is 2.46. The standard InChI is InChI=1S/C30H25F3N4O4.C17H23BrN2O4/c1-30(11-13-40-26-16(6-9-24(38)39)4-3-5-20(26)30)29-35-28(37(2)36-29)19-14-17(7-8-21(19)31)41-27-22(32)15-23-18(25(27)33)10-12-34-23;1-16(2,3)24-15(22)20(5)19-14(21)17(4)9-10-23-13-11(17)7-6-8-12(13)18/h3-5,7-8,10,12,14-15,34H,6,9,11,13H2,1-2H3,(H,38,39);6-8H,9-10H2,1-5H3,(H,19,21)/t30-;/m0./s1. The van der Waals surface area contributed by atoms with Gasteiger partial charge in [-0.15, -0.1) is 0 Å². The Labute approximate surface area is 381 Å². The van der Waals surface area contributed by atoms with Gasteiger partial charge in [-0.2, -0.15) is 5.10 Å². The number of carboxylic acids is 1. The molecule has 65 heavy (non-hydrogen) atoms. The van der Waals surface area contributed by atoms with Crippen LogP contribution in [0, 0.1) is 17.5 Å². The fourth-order valence-electron chi connectivity index (χ4n) is 7.74. The fourth-order valence-corrected chi connectivity index (χ4v) is 8.22. The van der Waals surface area contributed by atoms with Crippen LogP contribution in [0.25, 0.3) is 22.3 Å². The molecule has 8 rings (SSSR count). The second kappa shape index (κ2) is 18.1. The summed E-state index contributed by atoms with van der Waals surface area (Å²) in [5.74, 6) is -2.25. The van der Waals surface area contributed by atoms with Gasteiger partial charge in [-0.25, -0.2) is 32.6 Å². The molecule has 0 radical (unpaired) electrons. The Morgan fingerprint density at radius 2 is 1.68 bits per heavy atom. The van der Waals surface area contributed by atoms with Gasteiger partial charge >= 0.3 is 12.1 Å². The molecule has 2 atom stereocenters. The third-order valence-electron chi connectivity index (χ3n) is 11.4. The molecule has 2 amide bonds. The number of hydrogen-bond acceptors (Lipinski definition) is 9. The van der Waals surface area contributed by atoms with Gasteiger partial charge in [0.1, 0.15) is 28.7 Å². The maximum absolute atomic E-state index is 15.1. The van der Waals surface area contributed by atoms with Crippen molar-refractivity contribution in [3.63, 3.8) is 0 Å². The lowest BCUT2D eigenvalue weighted by Crippen LogP contribution is -2.53. The average Bonchev–Trinajstić information content (AvgIpc) is 3.89. The van der Waals surface area contributed by atoms with Crippen molar-refractivity contribution in [2.75, 3.05) is 20.3 Å². The van der Waals surface area contributed by atoms with Crippen LogP contribution < -0.4 is 19.6 Å². The molecule has 6 aromatic rings. The van der Waals surface area contributed by atoms with Crippen molar-refractivity contribution in [2.45, 2.75) is 76.7 Å². The van der Waals surface area contributed by atoms with Crippen molar-refractivity contribution < 1.29 is 51.6 Å². The first-order valence-electron chi connectivity index (χ1n) is 20.7. The molecule has 14 nitrogen and oxygen atoms in total. The number of ether oxygens (including phenoxy) is 4. The number of H-pyrrole nitrogens is 1. The van der Waals surface area contributed by atoms with E-state index in [9.17, 15) is 23.2 Å². The molecule has 0 saturated heterocycles. The molecule has 1 unspecified atom stereocenters. The monoisotopic (exact) mass is 960 g/mol. The largest absolute Gasteiger partial charge is 0.493 e. The summed E-state index contributed by atoms with van der Waals surface area (Å²) in [5.41, 5.74) is 3.20. The summed E-state index contributed by atoms with van der Waals surface area (Å²) in [6.07, 6.45) is 2.22. The number of hydrogen-bond donors (Lipinski definition) is 3. The quantitative estimate of drug-likeness (QED) is 0.125. The van der Waals surface area contributed by atoms with Crippen LogP contribution in [0.4, 0.5) is 18.0 Å².